The van der Waals surface area contributed by atoms with Gasteiger partial charge < -0.3 is 10.5 Å². The number of hydrogen-bond donors (Lipinski definition) is 2. The van der Waals surface area contributed by atoms with E-state index >= 15 is 0 Å². The second-order valence-electron chi connectivity index (χ2n) is 3.21. The van der Waals surface area contributed by atoms with Crippen LogP contribution in [0, 0.1) is 6.92 Å². The minimum Gasteiger partial charge on any atom is -0.411 e. The third-order valence-corrected chi connectivity index (χ3v) is 2.07. The summed E-state index contributed by atoms with van der Waals surface area (Å²) < 4.78 is 37.6. The number of nitrogens with zero attached hydrogens (tertiary/aromatic N) is 1. The van der Waals surface area contributed by atoms with Crippen molar-refractivity contribution < 1.29 is 23.2 Å². The van der Waals surface area contributed by atoms with Crippen LogP contribution in [0.1, 0.15) is 11.1 Å². The van der Waals surface area contributed by atoms with Crippen molar-refractivity contribution in [2.24, 2.45) is 5.16 Å². The maximum absolute atomic E-state index is 12.5. The highest BCUT2D eigenvalue weighted by molar-refractivity contribution is 6.31. The molecule has 0 bridgehead atoms. The van der Waals surface area contributed by atoms with Gasteiger partial charge in [0.1, 0.15) is 6.21 Å². The number of alkyl halides is 3. The maximum Gasteiger partial charge on any atom is 0.416 e. The molecule has 0 aliphatic rings. The second kappa shape index (κ2) is 4.86. The summed E-state index contributed by atoms with van der Waals surface area (Å²) in [6.45, 7) is 1.24. The van der Waals surface area contributed by atoms with Crippen LogP contribution >= 0.6 is 0 Å². The standard InChI is InChI=1S/C10H9F3N2O2/c1-6-7(10(11,12)13)3-2-4-8(6)15-9(16)5-14-17/h2-5,17H,1H3,(H,15,16)/b14-5+. The predicted octanol–water partition coefficient (Wildman–Crippen LogP) is 2.41. The highest BCUT2D eigenvalue weighted by Crippen LogP contribution is 2.34. The van der Waals surface area contributed by atoms with E-state index in [0.29, 0.717) is 6.21 Å². The minimum atomic E-state index is -4.48. The molecule has 0 atom stereocenters. The molecule has 0 unspecified atom stereocenters. The van der Waals surface area contributed by atoms with Gasteiger partial charge in [0, 0.05) is 5.69 Å². The van der Waals surface area contributed by atoms with E-state index in [1.807, 2.05) is 0 Å². The summed E-state index contributed by atoms with van der Waals surface area (Å²) in [6.07, 6.45) is -3.92. The summed E-state index contributed by atoms with van der Waals surface area (Å²) in [6, 6.07) is 3.43. The third kappa shape index (κ3) is 3.20. The molecule has 4 nitrogen and oxygen atoms in total. The van der Waals surface area contributed by atoms with Gasteiger partial charge in [-0.05, 0) is 24.6 Å². The summed E-state index contributed by atoms with van der Waals surface area (Å²) in [5.41, 5.74) is -0.902. The normalized spacial score (nSPS) is 11.8. The smallest absolute Gasteiger partial charge is 0.411 e. The van der Waals surface area contributed by atoms with Crippen molar-refractivity contribution in [2.45, 2.75) is 13.1 Å². The van der Waals surface area contributed by atoms with Crippen molar-refractivity contribution in [3.63, 3.8) is 0 Å². The Morgan fingerprint density at radius 2 is 2.12 bits per heavy atom. The number of anilines is 1. The minimum absolute atomic E-state index is 0.0183. The Balaban J connectivity index is 3.07. The molecule has 92 valence electrons. The Hall–Kier alpha value is -2.05. The SMILES string of the molecule is Cc1c(NC(=O)/C=N/O)cccc1C(F)(F)F. The van der Waals surface area contributed by atoms with E-state index in [9.17, 15) is 18.0 Å². The Kier molecular flexibility index (Phi) is 3.72. The molecule has 0 aromatic heterocycles. The fourth-order valence-corrected chi connectivity index (χ4v) is 1.30. The lowest BCUT2D eigenvalue weighted by atomic mass is 10.1. The molecule has 2 N–H and O–H groups in total. The van der Waals surface area contributed by atoms with E-state index in [1.54, 1.807) is 0 Å². The van der Waals surface area contributed by atoms with E-state index in [-0.39, 0.29) is 11.3 Å². The van der Waals surface area contributed by atoms with Gasteiger partial charge in [-0.1, -0.05) is 11.2 Å². The summed E-state index contributed by atoms with van der Waals surface area (Å²) in [5.74, 6) is -0.810. The molecule has 0 aliphatic heterocycles. The van der Waals surface area contributed by atoms with Crippen LogP contribution in [0.3, 0.4) is 0 Å². The molecule has 0 fully saturated rings. The highest BCUT2D eigenvalue weighted by Gasteiger charge is 2.32. The zero-order chi connectivity index (χ0) is 13.1. The number of nitrogens with one attached hydrogen (secondary N) is 1. The van der Waals surface area contributed by atoms with Gasteiger partial charge in [0.25, 0.3) is 5.91 Å². The van der Waals surface area contributed by atoms with Crippen LogP contribution in [-0.2, 0) is 11.0 Å². The molecule has 0 heterocycles. The van der Waals surface area contributed by atoms with Gasteiger partial charge in [-0.25, -0.2) is 0 Å². The summed E-state index contributed by atoms with van der Waals surface area (Å²) in [5, 5.41) is 12.7. The Labute approximate surface area is 94.7 Å². The number of oxime groups is 1. The second-order valence-corrected chi connectivity index (χ2v) is 3.21. The Morgan fingerprint density at radius 3 is 2.65 bits per heavy atom. The van der Waals surface area contributed by atoms with Crippen molar-refractivity contribution in [2.75, 3.05) is 5.32 Å². The van der Waals surface area contributed by atoms with Crippen LogP contribution in [0.5, 0.6) is 0 Å². The first-order valence-electron chi connectivity index (χ1n) is 4.51. The first kappa shape index (κ1) is 13.0. The highest BCUT2D eigenvalue weighted by atomic mass is 19.4. The Bertz CT molecular complexity index is 455. The molecule has 17 heavy (non-hydrogen) atoms. The van der Waals surface area contributed by atoms with Crippen molar-refractivity contribution in [3.8, 4) is 0 Å². The largest absolute Gasteiger partial charge is 0.416 e. The van der Waals surface area contributed by atoms with E-state index in [0.717, 1.165) is 6.07 Å². The molecule has 0 radical (unpaired) electrons. The molecule has 7 heteroatoms. The first-order chi connectivity index (χ1) is 7.86. The average molecular weight is 246 g/mol. The lowest BCUT2D eigenvalue weighted by Crippen LogP contribution is -2.15. The number of benzene rings is 1. The van der Waals surface area contributed by atoms with Gasteiger partial charge in [-0.3, -0.25) is 4.79 Å². The van der Waals surface area contributed by atoms with Gasteiger partial charge in [-0.2, -0.15) is 13.2 Å². The lowest BCUT2D eigenvalue weighted by molar-refractivity contribution is -0.138. The number of hydrogen-bond acceptors (Lipinski definition) is 3. The molecule has 0 spiro atoms. The molecule has 0 aliphatic carbocycles. The van der Waals surface area contributed by atoms with Crippen molar-refractivity contribution >= 4 is 17.8 Å². The van der Waals surface area contributed by atoms with E-state index < -0.39 is 17.6 Å². The van der Waals surface area contributed by atoms with Crippen molar-refractivity contribution in [1.29, 1.82) is 0 Å². The number of carbonyl (C=O) groups is 1. The Morgan fingerprint density at radius 1 is 1.47 bits per heavy atom. The molecular formula is C10H9F3N2O2. The fourth-order valence-electron chi connectivity index (χ4n) is 1.30. The summed E-state index contributed by atoms with van der Waals surface area (Å²) in [4.78, 5) is 11.0. The van der Waals surface area contributed by atoms with E-state index in [2.05, 4.69) is 10.5 Å². The van der Waals surface area contributed by atoms with Gasteiger partial charge in [0.05, 0.1) is 5.56 Å². The zero-order valence-corrected chi connectivity index (χ0v) is 8.75. The molecular weight excluding hydrogens is 237 g/mol. The maximum atomic E-state index is 12.5. The lowest BCUT2D eigenvalue weighted by Gasteiger charge is -2.13. The molecule has 0 saturated carbocycles. The number of halogens is 3. The quantitative estimate of drug-likeness (QED) is 0.478. The monoisotopic (exact) mass is 246 g/mol. The van der Waals surface area contributed by atoms with Crippen LogP contribution in [0.4, 0.5) is 18.9 Å². The first-order valence-corrected chi connectivity index (χ1v) is 4.51. The van der Waals surface area contributed by atoms with Crippen LogP contribution in [0.15, 0.2) is 23.4 Å². The molecule has 0 saturated heterocycles. The zero-order valence-electron chi connectivity index (χ0n) is 8.75. The van der Waals surface area contributed by atoms with Gasteiger partial charge in [-0.15, -0.1) is 0 Å². The van der Waals surface area contributed by atoms with Crippen molar-refractivity contribution in [1.82, 2.24) is 0 Å². The molecule has 1 aromatic carbocycles. The van der Waals surface area contributed by atoms with Crippen LogP contribution < -0.4 is 5.32 Å². The van der Waals surface area contributed by atoms with Gasteiger partial charge in [0.2, 0.25) is 0 Å². The number of amides is 1. The van der Waals surface area contributed by atoms with Gasteiger partial charge in [0.15, 0.2) is 0 Å². The van der Waals surface area contributed by atoms with E-state index in [1.165, 1.54) is 19.1 Å². The molecule has 1 amide bonds. The van der Waals surface area contributed by atoms with E-state index in [4.69, 9.17) is 5.21 Å². The van der Waals surface area contributed by atoms with Crippen LogP contribution in [0.25, 0.3) is 0 Å². The molecule has 1 rings (SSSR count). The third-order valence-electron chi connectivity index (χ3n) is 2.07. The predicted molar refractivity (Wildman–Crippen MR) is 55.1 cm³/mol. The molecule has 1 aromatic rings. The van der Waals surface area contributed by atoms with Crippen molar-refractivity contribution in [3.05, 3.63) is 29.3 Å². The average Bonchev–Trinajstić information content (AvgIpc) is 2.19. The number of rotatable bonds is 2. The number of carbonyl (C=O) groups excluding carboxylic acids is 1. The summed E-state index contributed by atoms with van der Waals surface area (Å²) >= 11 is 0. The van der Waals surface area contributed by atoms with Gasteiger partial charge >= 0.3 is 6.18 Å². The topological polar surface area (TPSA) is 61.7 Å². The van der Waals surface area contributed by atoms with Crippen LogP contribution in [-0.4, -0.2) is 17.3 Å². The summed E-state index contributed by atoms with van der Waals surface area (Å²) in [7, 11) is 0. The fraction of sp³-hybridized carbons (Fsp3) is 0.200. The van der Waals surface area contributed by atoms with Crippen LogP contribution in [0.2, 0.25) is 0 Å².